The summed E-state index contributed by atoms with van der Waals surface area (Å²) in [5, 5.41) is 5.82. The van der Waals surface area contributed by atoms with Crippen LogP contribution in [0.3, 0.4) is 0 Å². The largest absolute Gasteiger partial charge is 0.457 e. The third-order valence-electron chi connectivity index (χ3n) is 4.23. The highest BCUT2D eigenvalue weighted by molar-refractivity contribution is 6.36. The number of likely N-dealkylation sites (N-methyl/N-ethyl adjacent to an activating group) is 1. The Morgan fingerprint density at radius 2 is 1.38 bits per heavy atom. The summed E-state index contributed by atoms with van der Waals surface area (Å²) in [5.41, 5.74) is 0.703. The maximum Gasteiger partial charge on any atom is 0.287 e. The van der Waals surface area contributed by atoms with Crippen molar-refractivity contribution in [2.75, 3.05) is 12.4 Å². The normalized spacial score (nSPS) is 10.3. The number of Topliss-reactive ketones (excluding diaryl/α,β-unsaturated/α-hetero) is 1. The second-order valence-corrected chi connectivity index (χ2v) is 6.98. The van der Waals surface area contributed by atoms with Gasteiger partial charge in [0.2, 0.25) is 11.7 Å². The van der Waals surface area contributed by atoms with Gasteiger partial charge in [0.05, 0.1) is 0 Å². The van der Waals surface area contributed by atoms with E-state index in [9.17, 15) is 14.4 Å². The average Bonchev–Trinajstić information content (AvgIpc) is 2.72. The van der Waals surface area contributed by atoms with Gasteiger partial charge in [-0.1, -0.05) is 24.4 Å². The predicted octanol–water partition coefficient (Wildman–Crippen LogP) is 4.73. The molecule has 2 aromatic rings. The van der Waals surface area contributed by atoms with E-state index >= 15 is 0 Å². The lowest BCUT2D eigenvalue weighted by molar-refractivity contribution is -0.137. The van der Waals surface area contributed by atoms with Crippen molar-refractivity contribution in [3.05, 3.63) is 53.6 Å². The number of hydrogen-bond donors (Lipinski definition) is 2. The molecule has 29 heavy (non-hydrogen) atoms. The smallest absolute Gasteiger partial charge is 0.287 e. The molecule has 7 heteroatoms. The molecule has 0 saturated carbocycles. The summed E-state index contributed by atoms with van der Waals surface area (Å²) in [7, 11) is 1.44. The lowest BCUT2D eigenvalue weighted by Gasteiger charge is -2.08. The molecule has 0 saturated heterocycles. The summed E-state index contributed by atoms with van der Waals surface area (Å²) in [6.07, 6.45) is 3.69. The Bertz CT molecular complexity index is 820. The van der Waals surface area contributed by atoms with Crippen molar-refractivity contribution in [2.45, 2.75) is 38.5 Å². The number of rotatable bonds is 11. The second kappa shape index (κ2) is 11.9. The number of carbonyl (C=O) groups excluding carboxylic acids is 3. The Kier molecular flexibility index (Phi) is 9.18. The quantitative estimate of drug-likeness (QED) is 0.409. The topological polar surface area (TPSA) is 84.5 Å². The number of anilines is 1. The number of halogens is 1. The highest BCUT2D eigenvalue weighted by Crippen LogP contribution is 2.24. The van der Waals surface area contributed by atoms with Gasteiger partial charge in [-0.15, -0.1) is 0 Å². The summed E-state index contributed by atoms with van der Waals surface area (Å²) in [5.74, 6) is 0.348. The van der Waals surface area contributed by atoms with E-state index in [1.165, 1.54) is 7.05 Å². The fourth-order valence-electron chi connectivity index (χ4n) is 2.65. The first kappa shape index (κ1) is 22.4. The van der Waals surface area contributed by atoms with Crippen molar-refractivity contribution < 1.29 is 19.1 Å². The molecule has 2 amide bonds. The van der Waals surface area contributed by atoms with Gasteiger partial charge in [-0.05, 0) is 61.4 Å². The van der Waals surface area contributed by atoms with Crippen LogP contribution in [0.2, 0.25) is 5.02 Å². The molecule has 0 spiro atoms. The average molecular weight is 417 g/mol. The molecular formula is C22H25ClN2O4. The van der Waals surface area contributed by atoms with Crippen LogP contribution in [0.4, 0.5) is 5.69 Å². The molecule has 0 aliphatic rings. The highest BCUT2D eigenvalue weighted by atomic mass is 35.5. The van der Waals surface area contributed by atoms with E-state index in [4.69, 9.17) is 16.3 Å². The van der Waals surface area contributed by atoms with Crippen molar-refractivity contribution in [3.63, 3.8) is 0 Å². The van der Waals surface area contributed by atoms with Crippen LogP contribution in [0.25, 0.3) is 0 Å². The predicted molar refractivity (Wildman–Crippen MR) is 113 cm³/mol. The lowest BCUT2D eigenvalue weighted by atomic mass is 10.1. The fraction of sp³-hybridized carbons (Fsp3) is 0.318. The Morgan fingerprint density at radius 3 is 1.97 bits per heavy atom. The molecule has 0 aromatic heterocycles. The van der Waals surface area contributed by atoms with Crippen molar-refractivity contribution in [1.29, 1.82) is 0 Å². The van der Waals surface area contributed by atoms with Crippen LogP contribution >= 0.6 is 11.6 Å². The number of carbonyl (C=O) groups is 3. The van der Waals surface area contributed by atoms with Crippen LogP contribution in [0.1, 0.15) is 38.5 Å². The molecule has 0 heterocycles. The van der Waals surface area contributed by atoms with Crippen LogP contribution in [0.15, 0.2) is 48.5 Å². The summed E-state index contributed by atoms with van der Waals surface area (Å²) < 4.78 is 5.71. The van der Waals surface area contributed by atoms with Crippen LogP contribution < -0.4 is 15.4 Å². The zero-order chi connectivity index (χ0) is 21.1. The Balaban J connectivity index is 1.64. The van der Waals surface area contributed by atoms with E-state index in [2.05, 4.69) is 10.6 Å². The molecule has 0 fully saturated rings. The summed E-state index contributed by atoms with van der Waals surface area (Å²) >= 11 is 5.85. The van der Waals surface area contributed by atoms with Gasteiger partial charge in [0, 0.05) is 30.6 Å². The summed E-state index contributed by atoms with van der Waals surface area (Å²) in [6, 6.07) is 14.2. The number of amides is 2. The molecule has 0 radical (unpaired) electrons. The molecular weight excluding hydrogens is 392 g/mol. The van der Waals surface area contributed by atoms with Gasteiger partial charge in [-0.2, -0.15) is 0 Å². The first-order valence-corrected chi connectivity index (χ1v) is 9.94. The zero-order valence-electron chi connectivity index (χ0n) is 16.4. The summed E-state index contributed by atoms with van der Waals surface area (Å²) in [6.45, 7) is 0. The van der Waals surface area contributed by atoms with Gasteiger partial charge in [-0.25, -0.2) is 0 Å². The first-order valence-electron chi connectivity index (χ1n) is 9.56. The molecule has 2 rings (SSSR count). The van der Waals surface area contributed by atoms with Gasteiger partial charge in [0.15, 0.2) is 0 Å². The van der Waals surface area contributed by atoms with Crippen molar-refractivity contribution in [2.24, 2.45) is 0 Å². The van der Waals surface area contributed by atoms with E-state index in [1.807, 2.05) is 0 Å². The number of unbranched alkanes of at least 4 members (excludes halogenated alkanes) is 3. The molecule has 0 atom stereocenters. The third kappa shape index (κ3) is 8.35. The number of hydrogen-bond acceptors (Lipinski definition) is 4. The number of ether oxygens (including phenoxy) is 1. The maximum absolute atomic E-state index is 12.0. The van der Waals surface area contributed by atoms with E-state index in [1.54, 1.807) is 48.5 Å². The Labute approximate surface area is 175 Å². The van der Waals surface area contributed by atoms with E-state index in [-0.39, 0.29) is 12.3 Å². The van der Waals surface area contributed by atoms with E-state index in [0.29, 0.717) is 35.1 Å². The van der Waals surface area contributed by atoms with Gasteiger partial charge < -0.3 is 15.4 Å². The monoisotopic (exact) mass is 416 g/mol. The van der Waals surface area contributed by atoms with Gasteiger partial charge >= 0.3 is 0 Å². The molecule has 0 bridgehead atoms. The zero-order valence-corrected chi connectivity index (χ0v) is 17.1. The van der Waals surface area contributed by atoms with Gasteiger partial charge in [0.25, 0.3) is 5.91 Å². The Morgan fingerprint density at radius 1 is 0.828 bits per heavy atom. The molecule has 0 aliphatic carbocycles. The van der Waals surface area contributed by atoms with Crippen LogP contribution in [0, 0.1) is 0 Å². The minimum absolute atomic E-state index is 0.0576. The highest BCUT2D eigenvalue weighted by Gasteiger charge is 2.10. The Hall–Kier alpha value is -2.86. The van der Waals surface area contributed by atoms with Crippen molar-refractivity contribution >= 4 is 34.9 Å². The minimum atomic E-state index is -0.547. The first-order chi connectivity index (χ1) is 14.0. The number of nitrogens with one attached hydrogen (secondary N) is 2. The van der Waals surface area contributed by atoms with Gasteiger partial charge in [0.1, 0.15) is 11.5 Å². The molecule has 2 aromatic carbocycles. The van der Waals surface area contributed by atoms with Gasteiger partial charge in [-0.3, -0.25) is 14.4 Å². The molecule has 6 nitrogen and oxygen atoms in total. The molecule has 0 unspecified atom stereocenters. The minimum Gasteiger partial charge on any atom is -0.457 e. The van der Waals surface area contributed by atoms with Crippen molar-refractivity contribution in [1.82, 2.24) is 5.32 Å². The molecule has 0 aliphatic heterocycles. The fourth-order valence-corrected chi connectivity index (χ4v) is 2.77. The SMILES string of the molecule is CNC(=O)C(=O)CCCCCCC(=O)Nc1ccc(Oc2ccc(Cl)cc2)cc1. The summed E-state index contributed by atoms with van der Waals surface area (Å²) in [4.78, 5) is 34.5. The second-order valence-electron chi connectivity index (χ2n) is 6.55. The van der Waals surface area contributed by atoms with Crippen LogP contribution in [-0.4, -0.2) is 24.6 Å². The van der Waals surface area contributed by atoms with Crippen molar-refractivity contribution in [3.8, 4) is 11.5 Å². The van der Waals surface area contributed by atoms with Crippen LogP contribution in [-0.2, 0) is 14.4 Å². The molecule has 154 valence electrons. The van der Waals surface area contributed by atoms with E-state index in [0.717, 1.165) is 19.3 Å². The lowest BCUT2D eigenvalue weighted by Crippen LogP contribution is -2.27. The molecule has 2 N–H and O–H groups in total. The number of ketones is 1. The maximum atomic E-state index is 12.0. The number of benzene rings is 2. The standard InChI is InChI=1S/C22H25ClN2O4/c1-24-22(28)20(26)6-4-2-3-5-7-21(27)25-17-10-14-19(15-11-17)29-18-12-8-16(23)9-13-18/h8-15H,2-7H2,1H3,(H,24,28)(H,25,27). The van der Waals surface area contributed by atoms with E-state index < -0.39 is 11.7 Å². The van der Waals surface area contributed by atoms with Crippen LogP contribution in [0.5, 0.6) is 11.5 Å². The third-order valence-corrected chi connectivity index (χ3v) is 4.48.